The van der Waals surface area contributed by atoms with Crippen LogP contribution in [0.15, 0.2) is 59.2 Å². The van der Waals surface area contributed by atoms with Gasteiger partial charge in [-0.3, -0.25) is 9.59 Å². The highest BCUT2D eigenvalue weighted by Gasteiger charge is 2.35. The lowest BCUT2D eigenvalue weighted by atomic mass is 9.95. The standard InChI is InChI=1S/C30H36N4O4/c1-19-14-22(17-23(15-19)30(37)34-13-7-11-26(34)29-32-20(2)18-38-29)28(36)33-25(16-21-8-4-3-5-9-21)27(35)24-10-6-12-31-24/h3-5,8-9,14-15,17-18,24-27,31,35H,6-7,10-13,16H2,1-2H3,(H,33,36)/t24-,25+,26-,27+/m1/s1. The predicted molar refractivity (Wildman–Crippen MR) is 144 cm³/mol. The molecule has 2 aromatic carbocycles. The molecule has 200 valence electrons. The molecule has 38 heavy (non-hydrogen) atoms. The molecule has 4 atom stereocenters. The van der Waals surface area contributed by atoms with E-state index in [0.717, 1.165) is 49.0 Å². The van der Waals surface area contributed by atoms with Crippen LogP contribution in [0.3, 0.4) is 0 Å². The zero-order chi connectivity index (χ0) is 26.6. The van der Waals surface area contributed by atoms with E-state index in [2.05, 4.69) is 15.6 Å². The largest absolute Gasteiger partial charge is 0.446 e. The van der Waals surface area contributed by atoms with Gasteiger partial charge in [0.1, 0.15) is 12.3 Å². The number of hydrogen-bond donors (Lipinski definition) is 3. The molecule has 0 radical (unpaired) electrons. The molecule has 3 N–H and O–H groups in total. The van der Waals surface area contributed by atoms with E-state index in [9.17, 15) is 14.7 Å². The van der Waals surface area contributed by atoms with Crippen LogP contribution < -0.4 is 10.6 Å². The zero-order valence-electron chi connectivity index (χ0n) is 22.0. The second-order valence-corrected chi connectivity index (χ2v) is 10.5. The molecule has 0 unspecified atom stereocenters. The van der Waals surface area contributed by atoms with Gasteiger partial charge >= 0.3 is 0 Å². The van der Waals surface area contributed by atoms with E-state index in [0.29, 0.717) is 30.0 Å². The van der Waals surface area contributed by atoms with Gasteiger partial charge in [-0.2, -0.15) is 0 Å². The molecule has 2 amide bonds. The van der Waals surface area contributed by atoms with Gasteiger partial charge in [-0.05, 0) is 81.8 Å². The first-order valence-electron chi connectivity index (χ1n) is 13.5. The maximum Gasteiger partial charge on any atom is 0.254 e. The minimum atomic E-state index is -0.734. The van der Waals surface area contributed by atoms with Crippen LogP contribution in [0.25, 0.3) is 0 Å². The normalized spacial score (nSPS) is 20.9. The number of hydrogen-bond acceptors (Lipinski definition) is 6. The van der Waals surface area contributed by atoms with Crippen molar-refractivity contribution in [2.75, 3.05) is 13.1 Å². The number of likely N-dealkylation sites (tertiary alicyclic amines) is 1. The predicted octanol–water partition coefficient (Wildman–Crippen LogP) is 3.72. The van der Waals surface area contributed by atoms with E-state index in [1.807, 2.05) is 50.2 Å². The van der Waals surface area contributed by atoms with Gasteiger partial charge in [0, 0.05) is 23.7 Å². The van der Waals surface area contributed by atoms with Gasteiger partial charge in [-0.15, -0.1) is 0 Å². The van der Waals surface area contributed by atoms with Crippen molar-refractivity contribution >= 4 is 11.8 Å². The molecule has 0 saturated carbocycles. The summed E-state index contributed by atoms with van der Waals surface area (Å²) in [5.74, 6) is 0.108. The summed E-state index contributed by atoms with van der Waals surface area (Å²) in [6.07, 6.45) is 4.90. The Bertz CT molecular complexity index is 1270. The Morgan fingerprint density at radius 3 is 2.63 bits per heavy atom. The SMILES string of the molecule is Cc1cc(C(=O)N[C@@H](Cc2ccccc2)[C@@H](O)[C@H]2CCCN2)cc(C(=O)N2CCC[C@@H]2c2nc(C)co2)c1. The Labute approximate surface area is 223 Å². The van der Waals surface area contributed by atoms with Gasteiger partial charge in [0.05, 0.1) is 17.8 Å². The molecule has 3 heterocycles. The van der Waals surface area contributed by atoms with E-state index in [1.165, 1.54) is 0 Å². The molecule has 0 bridgehead atoms. The van der Waals surface area contributed by atoms with Crippen molar-refractivity contribution in [1.29, 1.82) is 0 Å². The van der Waals surface area contributed by atoms with Gasteiger partial charge < -0.3 is 25.1 Å². The Balaban J connectivity index is 1.36. The summed E-state index contributed by atoms with van der Waals surface area (Å²) in [6.45, 7) is 5.22. The topological polar surface area (TPSA) is 108 Å². The molecule has 2 aliphatic heterocycles. The van der Waals surface area contributed by atoms with Gasteiger partial charge in [-0.1, -0.05) is 30.3 Å². The summed E-state index contributed by atoms with van der Waals surface area (Å²) in [5.41, 5.74) is 3.51. The quantitative estimate of drug-likeness (QED) is 0.421. The van der Waals surface area contributed by atoms with E-state index >= 15 is 0 Å². The average Bonchev–Trinajstić information content (AvgIpc) is 3.69. The number of nitrogens with zero attached hydrogens (tertiary/aromatic N) is 2. The summed E-state index contributed by atoms with van der Waals surface area (Å²) in [6, 6.07) is 14.4. The van der Waals surface area contributed by atoms with Crippen molar-refractivity contribution in [3.8, 4) is 0 Å². The lowest BCUT2D eigenvalue weighted by Crippen LogP contribution is -2.52. The fourth-order valence-electron chi connectivity index (χ4n) is 5.66. The molecule has 2 fully saturated rings. The van der Waals surface area contributed by atoms with Crippen LogP contribution in [0.5, 0.6) is 0 Å². The van der Waals surface area contributed by atoms with E-state index in [-0.39, 0.29) is 23.9 Å². The Hall–Kier alpha value is -3.49. The van der Waals surface area contributed by atoms with Crippen molar-refractivity contribution in [1.82, 2.24) is 20.5 Å². The molecular weight excluding hydrogens is 480 g/mol. The lowest BCUT2D eigenvalue weighted by Gasteiger charge is -2.29. The van der Waals surface area contributed by atoms with Gasteiger partial charge in [0.2, 0.25) is 5.89 Å². The van der Waals surface area contributed by atoms with Gasteiger partial charge in [-0.25, -0.2) is 4.98 Å². The van der Waals surface area contributed by atoms with Crippen LogP contribution in [-0.4, -0.2) is 58.1 Å². The van der Waals surface area contributed by atoms with Crippen molar-refractivity contribution < 1.29 is 19.1 Å². The third kappa shape index (κ3) is 5.81. The monoisotopic (exact) mass is 516 g/mol. The molecule has 1 aromatic heterocycles. The Kier molecular flexibility index (Phi) is 7.90. The van der Waals surface area contributed by atoms with E-state index < -0.39 is 12.1 Å². The Morgan fingerprint density at radius 1 is 1.13 bits per heavy atom. The third-order valence-electron chi connectivity index (χ3n) is 7.56. The fourth-order valence-corrected chi connectivity index (χ4v) is 5.66. The number of oxazole rings is 1. The van der Waals surface area contributed by atoms with E-state index in [4.69, 9.17) is 4.42 Å². The molecule has 8 heteroatoms. The van der Waals surface area contributed by atoms with E-state index in [1.54, 1.807) is 23.3 Å². The van der Waals surface area contributed by atoms with Crippen molar-refractivity contribution in [3.05, 3.63) is 88.6 Å². The molecule has 0 spiro atoms. The van der Waals surface area contributed by atoms with Crippen LogP contribution in [0.1, 0.15) is 75.2 Å². The van der Waals surface area contributed by atoms with Crippen molar-refractivity contribution in [2.45, 2.75) is 70.2 Å². The summed E-state index contributed by atoms with van der Waals surface area (Å²) in [7, 11) is 0. The summed E-state index contributed by atoms with van der Waals surface area (Å²) < 4.78 is 5.61. The van der Waals surface area contributed by atoms with Crippen LogP contribution in [0.2, 0.25) is 0 Å². The molecule has 2 saturated heterocycles. The van der Waals surface area contributed by atoms with Crippen molar-refractivity contribution in [2.24, 2.45) is 0 Å². The highest BCUT2D eigenvalue weighted by molar-refractivity contribution is 6.00. The number of carbonyl (C=O) groups is 2. The number of aromatic nitrogens is 1. The number of aryl methyl sites for hydroxylation is 2. The van der Waals surface area contributed by atoms with Gasteiger partial charge in [0.25, 0.3) is 11.8 Å². The fraction of sp³-hybridized carbons (Fsp3) is 0.433. The summed E-state index contributed by atoms with van der Waals surface area (Å²) >= 11 is 0. The first-order chi connectivity index (χ1) is 18.4. The number of carbonyl (C=O) groups excluding carboxylic acids is 2. The minimum Gasteiger partial charge on any atom is -0.446 e. The zero-order valence-corrected chi connectivity index (χ0v) is 22.0. The number of rotatable bonds is 8. The third-order valence-corrected chi connectivity index (χ3v) is 7.56. The number of aliphatic hydroxyl groups excluding tert-OH is 1. The van der Waals surface area contributed by atoms with Crippen LogP contribution in [0.4, 0.5) is 0 Å². The molecule has 2 aliphatic rings. The van der Waals surface area contributed by atoms with Crippen LogP contribution >= 0.6 is 0 Å². The van der Waals surface area contributed by atoms with Crippen molar-refractivity contribution in [3.63, 3.8) is 0 Å². The van der Waals surface area contributed by atoms with Gasteiger partial charge in [0.15, 0.2) is 0 Å². The smallest absolute Gasteiger partial charge is 0.254 e. The van der Waals surface area contributed by atoms with Crippen LogP contribution in [0, 0.1) is 13.8 Å². The summed E-state index contributed by atoms with van der Waals surface area (Å²) in [5, 5.41) is 17.6. The first-order valence-corrected chi connectivity index (χ1v) is 13.5. The molecule has 8 nitrogen and oxygen atoms in total. The maximum absolute atomic E-state index is 13.6. The second kappa shape index (κ2) is 11.5. The van der Waals surface area contributed by atoms with Crippen LogP contribution in [-0.2, 0) is 6.42 Å². The molecular formula is C30H36N4O4. The first kappa shape index (κ1) is 26.1. The molecule has 5 rings (SSSR count). The lowest BCUT2D eigenvalue weighted by molar-refractivity contribution is 0.0715. The highest BCUT2D eigenvalue weighted by Crippen LogP contribution is 2.33. The molecule has 0 aliphatic carbocycles. The number of aliphatic hydroxyl groups is 1. The molecule has 3 aromatic rings. The summed E-state index contributed by atoms with van der Waals surface area (Å²) in [4.78, 5) is 33.3. The minimum absolute atomic E-state index is 0.0652. The highest BCUT2D eigenvalue weighted by atomic mass is 16.3. The number of amides is 2. The number of benzene rings is 2. The second-order valence-electron chi connectivity index (χ2n) is 10.5. The average molecular weight is 517 g/mol. The Morgan fingerprint density at radius 2 is 1.92 bits per heavy atom. The number of nitrogens with one attached hydrogen (secondary N) is 2. The maximum atomic E-state index is 13.6.